The Balaban J connectivity index is 4.22. The molecule has 4 nitrogen and oxygen atoms in total. The highest BCUT2D eigenvalue weighted by atomic mass is 32.2. The smallest absolute Gasteiger partial charge is 0.155 e. The Morgan fingerprint density at radius 3 is 1.95 bits per heavy atom. The summed E-state index contributed by atoms with van der Waals surface area (Å²) in [4.78, 5) is 11.8. The summed E-state index contributed by atoms with van der Waals surface area (Å²) in [5, 5.41) is 0. The number of sulfone groups is 1. The predicted molar refractivity (Wildman–Crippen MR) is 79.9 cm³/mol. The van der Waals surface area contributed by atoms with Crippen LogP contribution in [0.4, 0.5) is 0 Å². The number of carbonyl (C=O) groups is 1. The van der Waals surface area contributed by atoms with Crippen molar-refractivity contribution in [3.8, 4) is 0 Å². The second-order valence-corrected chi connectivity index (χ2v) is 9.79. The molecule has 0 saturated carbocycles. The van der Waals surface area contributed by atoms with Crippen molar-refractivity contribution in [2.75, 3.05) is 12.3 Å². The quantitative estimate of drug-likeness (QED) is 0.744. The molecule has 0 saturated heterocycles. The predicted octanol–water partition coefficient (Wildman–Crippen LogP) is 2.31. The summed E-state index contributed by atoms with van der Waals surface area (Å²) < 4.78 is 23.0. The van der Waals surface area contributed by atoms with Gasteiger partial charge in [0.05, 0.1) is 10.5 Å². The van der Waals surface area contributed by atoms with Crippen LogP contribution in [0.2, 0.25) is 0 Å². The molecule has 0 radical (unpaired) electrons. The Morgan fingerprint density at radius 1 is 1.00 bits per heavy atom. The third-order valence-electron chi connectivity index (χ3n) is 3.48. The number of rotatable bonds is 8. The molecule has 2 N–H and O–H groups in total. The molecule has 0 aliphatic heterocycles. The van der Waals surface area contributed by atoms with E-state index < -0.39 is 14.6 Å². The van der Waals surface area contributed by atoms with Gasteiger partial charge in [-0.1, -0.05) is 13.8 Å². The monoisotopic (exact) mass is 291 g/mol. The summed E-state index contributed by atoms with van der Waals surface area (Å²) in [6.45, 7) is 9.77. The zero-order chi connectivity index (χ0) is 15.3. The third kappa shape index (κ3) is 7.06. The van der Waals surface area contributed by atoms with Crippen LogP contribution in [0.25, 0.3) is 0 Å². The molecule has 0 bridgehead atoms. The van der Waals surface area contributed by atoms with Gasteiger partial charge in [0.15, 0.2) is 9.84 Å². The molecule has 0 atom stereocenters. The van der Waals surface area contributed by atoms with Gasteiger partial charge in [-0.3, -0.25) is 4.79 Å². The van der Waals surface area contributed by atoms with Gasteiger partial charge in [-0.05, 0) is 45.6 Å². The van der Waals surface area contributed by atoms with E-state index in [4.69, 9.17) is 5.73 Å². The van der Waals surface area contributed by atoms with Gasteiger partial charge < -0.3 is 5.73 Å². The lowest BCUT2D eigenvalue weighted by Gasteiger charge is -2.23. The number of hydrogen-bond donors (Lipinski definition) is 1. The van der Waals surface area contributed by atoms with Gasteiger partial charge in [0, 0.05) is 12.8 Å². The van der Waals surface area contributed by atoms with Crippen LogP contribution in [0.1, 0.15) is 60.3 Å². The van der Waals surface area contributed by atoms with Crippen LogP contribution in [-0.4, -0.2) is 31.2 Å². The van der Waals surface area contributed by atoms with Gasteiger partial charge in [-0.2, -0.15) is 0 Å². The molecule has 0 amide bonds. The molecule has 0 aliphatic rings. The summed E-state index contributed by atoms with van der Waals surface area (Å²) in [7, 11) is -3.20. The number of nitrogens with two attached hydrogens (primary N) is 1. The largest absolute Gasteiger partial charge is 0.330 e. The third-order valence-corrected chi connectivity index (χ3v) is 6.09. The van der Waals surface area contributed by atoms with Crippen LogP contribution in [0.3, 0.4) is 0 Å². The van der Waals surface area contributed by atoms with Crippen molar-refractivity contribution in [2.45, 2.75) is 65.0 Å². The summed E-state index contributed by atoms with van der Waals surface area (Å²) in [6.07, 6.45) is 2.20. The summed E-state index contributed by atoms with van der Waals surface area (Å²) in [5.41, 5.74) is 5.57. The van der Waals surface area contributed by atoms with Gasteiger partial charge in [-0.25, -0.2) is 8.42 Å². The van der Waals surface area contributed by atoms with Crippen molar-refractivity contribution in [1.29, 1.82) is 0 Å². The Kier molecular flexibility index (Phi) is 6.69. The molecule has 0 aliphatic carbocycles. The zero-order valence-electron chi connectivity index (χ0n) is 13.0. The normalized spacial score (nSPS) is 13.6. The summed E-state index contributed by atoms with van der Waals surface area (Å²) in [5.74, 6) is -0.0231. The van der Waals surface area contributed by atoms with E-state index in [9.17, 15) is 13.2 Å². The fourth-order valence-electron chi connectivity index (χ4n) is 1.67. The second-order valence-electron chi connectivity index (χ2n) is 6.92. The molecule has 0 fully saturated rings. The summed E-state index contributed by atoms with van der Waals surface area (Å²) >= 11 is 0. The number of Topliss-reactive ketones (excluding diaryl/α,β-unsaturated/α-hetero) is 1. The Morgan fingerprint density at radius 2 is 1.53 bits per heavy atom. The van der Waals surface area contributed by atoms with Gasteiger partial charge >= 0.3 is 0 Å². The van der Waals surface area contributed by atoms with E-state index in [1.54, 1.807) is 20.8 Å². The lowest BCUT2D eigenvalue weighted by molar-refractivity contribution is -0.119. The van der Waals surface area contributed by atoms with Gasteiger partial charge in [-0.15, -0.1) is 0 Å². The summed E-state index contributed by atoms with van der Waals surface area (Å²) in [6, 6.07) is 0. The van der Waals surface area contributed by atoms with Crippen molar-refractivity contribution in [3.63, 3.8) is 0 Å². The Labute approximate surface area is 118 Å². The van der Waals surface area contributed by atoms with Crippen LogP contribution >= 0.6 is 0 Å². The van der Waals surface area contributed by atoms with Crippen LogP contribution in [-0.2, 0) is 14.6 Å². The van der Waals surface area contributed by atoms with Crippen molar-refractivity contribution in [1.82, 2.24) is 0 Å². The Hall–Kier alpha value is -0.420. The van der Waals surface area contributed by atoms with Crippen LogP contribution in [0.5, 0.6) is 0 Å². The van der Waals surface area contributed by atoms with E-state index in [0.29, 0.717) is 13.0 Å². The first-order valence-corrected chi connectivity index (χ1v) is 8.50. The molecule has 0 aromatic rings. The molecule has 0 aromatic heterocycles. The molecular formula is C14H29NO3S. The zero-order valence-corrected chi connectivity index (χ0v) is 13.8. The second kappa shape index (κ2) is 6.84. The van der Waals surface area contributed by atoms with E-state index in [1.807, 2.05) is 0 Å². The van der Waals surface area contributed by atoms with Crippen LogP contribution < -0.4 is 5.73 Å². The van der Waals surface area contributed by atoms with Crippen LogP contribution in [0.15, 0.2) is 0 Å². The van der Waals surface area contributed by atoms with E-state index in [2.05, 4.69) is 13.8 Å². The average Bonchev–Trinajstić information content (AvgIpc) is 2.22. The van der Waals surface area contributed by atoms with Crippen LogP contribution in [0, 0.1) is 5.41 Å². The Bertz CT molecular complexity index is 391. The topological polar surface area (TPSA) is 77.2 Å². The minimum absolute atomic E-state index is 0.0259. The standard InChI is InChI=1S/C14H29NO3S/c1-13(2,3)19(17,18)11-7-12(16)6-8-14(4,5)9-10-15/h6-11,15H2,1-5H3. The van der Waals surface area contributed by atoms with Gasteiger partial charge in [0.2, 0.25) is 0 Å². The van der Waals surface area contributed by atoms with Crippen molar-refractivity contribution in [2.24, 2.45) is 11.1 Å². The SMILES string of the molecule is CC(C)(CCN)CCC(=O)CCS(=O)(=O)C(C)(C)C. The molecule has 114 valence electrons. The first-order chi connectivity index (χ1) is 8.41. The minimum atomic E-state index is -3.20. The van der Waals surface area contributed by atoms with Crippen molar-refractivity contribution < 1.29 is 13.2 Å². The highest BCUT2D eigenvalue weighted by molar-refractivity contribution is 7.92. The molecule has 0 rings (SSSR count). The van der Waals surface area contributed by atoms with Gasteiger partial charge in [0.25, 0.3) is 0 Å². The van der Waals surface area contributed by atoms with E-state index >= 15 is 0 Å². The molecule has 0 heterocycles. The maximum atomic E-state index is 11.9. The maximum absolute atomic E-state index is 11.9. The molecule has 0 aromatic carbocycles. The van der Waals surface area contributed by atoms with Crippen molar-refractivity contribution in [3.05, 3.63) is 0 Å². The first-order valence-electron chi connectivity index (χ1n) is 6.85. The number of carbonyl (C=O) groups excluding carboxylic acids is 1. The highest BCUT2D eigenvalue weighted by Crippen LogP contribution is 2.26. The fraction of sp³-hybridized carbons (Fsp3) is 0.929. The molecule has 5 heteroatoms. The molecular weight excluding hydrogens is 262 g/mol. The lowest BCUT2D eigenvalue weighted by Crippen LogP contribution is -2.31. The number of ketones is 1. The average molecular weight is 291 g/mol. The molecule has 0 unspecified atom stereocenters. The number of hydrogen-bond acceptors (Lipinski definition) is 4. The lowest BCUT2D eigenvalue weighted by atomic mass is 9.83. The van der Waals surface area contributed by atoms with E-state index in [0.717, 1.165) is 12.8 Å². The minimum Gasteiger partial charge on any atom is -0.330 e. The maximum Gasteiger partial charge on any atom is 0.155 e. The molecule has 19 heavy (non-hydrogen) atoms. The van der Waals surface area contributed by atoms with E-state index in [-0.39, 0.29) is 23.4 Å². The fourth-order valence-corrected chi connectivity index (χ4v) is 2.78. The van der Waals surface area contributed by atoms with E-state index in [1.165, 1.54) is 0 Å². The van der Waals surface area contributed by atoms with Crippen molar-refractivity contribution >= 4 is 15.6 Å². The first kappa shape index (κ1) is 18.6. The van der Waals surface area contributed by atoms with Gasteiger partial charge in [0.1, 0.15) is 5.78 Å². The molecule has 0 spiro atoms. The highest BCUT2D eigenvalue weighted by Gasteiger charge is 2.29.